The quantitative estimate of drug-likeness (QED) is 0.411. The number of piperidine rings is 2. The molecule has 0 radical (unpaired) electrons. The van der Waals surface area contributed by atoms with Crippen LogP contribution in [0.5, 0.6) is 0 Å². The molecule has 1 atom stereocenters. The van der Waals surface area contributed by atoms with Gasteiger partial charge >= 0.3 is 6.09 Å². The topological polar surface area (TPSA) is 65.1 Å². The highest BCUT2D eigenvalue weighted by Gasteiger charge is 2.50. The molecule has 9 heteroatoms. The average Bonchev–Trinajstić information content (AvgIpc) is 3.26. The number of nitrogens with zero attached hydrogens (tertiary/aromatic N) is 3. The van der Waals surface area contributed by atoms with Crippen LogP contribution in [0.1, 0.15) is 64.9 Å². The number of rotatable bonds is 6. The highest BCUT2D eigenvalue weighted by molar-refractivity contribution is 6.42. The normalized spacial score (nSPS) is 23.1. The van der Waals surface area contributed by atoms with Crippen LogP contribution in [0.25, 0.3) is 0 Å². The Hall–Kier alpha value is -2.48. The van der Waals surface area contributed by atoms with E-state index in [2.05, 4.69) is 33.3 Å². The van der Waals surface area contributed by atoms with Crippen molar-refractivity contribution in [2.75, 3.05) is 44.3 Å². The molecule has 3 heterocycles. The molecule has 0 aliphatic carbocycles. The number of halogens is 2. The smallest absolute Gasteiger partial charge is 0.410 e. The van der Waals surface area contributed by atoms with E-state index < -0.39 is 11.1 Å². The number of nitrogens with one attached hydrogen (secondary N) is 1. The Morgan fingerprint density at radius 2 is 1.73 bits per heavy atom. The van der Waals surface area contributed by atoms with Crippen LogP contribution in [0.4, 0.5) is 10.5 Å². The molecular formula is C32H42Cl2N4O3. The van der Waals surface area contributed by atoms with E-state index in [9.17, 15) is 9.59 Å². The number of benzene rings is 2. The van der Waals surface area contributed by atoms with Crippen LogP contribution in [-0.2, 0) is 14.9 Å². The van der Waals surface area contributed by atoms with Gasteiger partial charge in [-0.1, -0.05) is 47.5 Å². The molecule has 41 heavy (non-hydrogen) atoms. The molecule has 3 aliphatic rings. The Morgan fingerprint density at radius 3 is 2.41 bits per heavy atom. The van der Waals surface area contributed by atoms with E-state index in [1.54, 1.807) is 0 Å². The van der Waals surface area contributed by atoms with Crippen LogP contribution in [0, 0.1) is 0 Å². The number of carbonyl (C=O) groups excluding carboxylic acids is 2. The van der Waals surface area contributed by atoms with Crippen molar-refractivity contribution in [3.8, 4) is 0 Å². The lowest BCUT2D eigenvalue weighted by Gasteiger charge is -2.45. The molecule has 5 rings (SSSR count). The Morgan fingerprint density at radius 1 is 1.00 bits per heavy atom. The molecule has 0 aromatic heterocycles. The van der Waals surface area contributed by atoms with Gasteiger partial charge in [0.15, 0.2) is 0 Å². The van der Waals surface area contributed by atoms with Gasteiger partial charge in [-0.2, -0.15) is 0 Å². The summed E-state index contributed by atoms with van der Waals surface area (Å²) in [7, 11) is 0. The first-order valence-corrected chi connectivity index (χ1v) is 15.5. The zero-order chi connectivity index (χ0) is 29.3. The van der Waals surface area contributed by atoms with Gasteiger partial charge in [-0.3, -0.25) is 4.79 Å². The minimum absolute atomic E-state index is 0.143. The first-order chi connectivity index (χ1) is 19.5. The van der Waals surface area contributed by atoms with Crippen LogP contribution >= 0.6 is 23.2 Å². The van der Waals surface area contributed by atoms with Gasteiger partial charge in [0.2, 0.25) is 5.91 Å². The number of hydrogen-bond donors (Lipinski definition) is 1. The van der Waals surface area contributed by atoms with Gasteiger partial charge < -0.3 is 24.8 Å². The second kappa shape index (κ2) is 12.0. The van der Waals surface area contributed by atoms with Crippen LogP contribution in [0.2, 0.25) is 10.0 Å². The van der Waals surface area contributed by atoms with E-state index in [1.165, 1.54) is 0 Å². The second-order valence-electron chi connectivity index (χ2n) is 12.8. The molecule has 1 spiro atoms. The Balaban J connectivity index is 1.26. The average molecular weight is 602 g/mol. The first kappa shape index (κ1) is 30.0. The van der Waals surface area contributed by atoms with Crippen molar-refractivity contribution in [1.82, 2.24) is 15.1 Å². The van der Waals surface area contributed by atoms with E-state index in [-0.39, 0.29) is 17.4 Å². The summed E-state index contributed by atoms with van der Waals surface area (Å²) in [6.45, 7) is 10.2. The number of likely N-dealkylation sites (tertiary alicyclic amines) is 2. The number of anilines is 1. The Bertz CT molecular complexity index is 1240. The summed E-state index contributed by atoms with van der Waals surface area (Å²) in [5.41, 5.74) is 0.971. The SMILES string of the molecule is CC(C)(C)OC(=O)N1CCCC(CCCN2CCC3(CC2)C(=O)NCN3c2ccccc2)(c2ccc(Cl)c(Cl)c2)C1. The molecule has 3 aliphatic heterocycles. The highest BCUT2D eigenvalue weighted by Crippen LogP contribution is 2.41. The van der Waals surface area contributed by atoms with Crippen molar-refractivity contribution >= 4 is 40.9 Å². The van der Waals surface area contributed by atoms with Crippen LogP contribution < -0.4 is 10.2 Å². The molecule has 7 nitrogen and oxygen atoms in total. The lowest BCUT2D eigenvalue weighted by atomic mass is 9.71. The van der Waals surface area contributed by atoms with Crippen LogP contribution in [0.3, 0.4) is 0 Å². The van der Waals surface area contributed by atoms with Crippen molar-refractivity contribution in [3.05, 3.63) is 64.1 Å². The lowest BCUT2D eigenvalue weighted by Crippen LogP contribution is -2.56. The third-order valence-electron chi connectivity index (χ3n) is 8.98. The van der Waals surface area contributed by atoms with E-state index in [0.717, 1.165) is 69.4 Å². The number of carbonyl (C=O) groups is 2. The molecule has 1 N–H and O–H groups in total. The minimum atomic E-state index is -0.543. The van der Waals surface area contributed by atoms with Crippen molar-refractivity contribution in [2.45, 2.75) is 75.9 Å². The zero-order valence-corrected chi connectivity index (χ0v) is 25.9. The van der Waals surface area contributed by atoms with Crippen molar-refractivity contribution < 1.29 is 14.3 Å². The molecule has 1 unspecified atom stereocenters. The largest absolute Gasteiger partial charge is 0.444 e. The monoisotopic (exact) mass is 600 g/mol. The summed E-state index contributed by atoms with van der Waals surface area (Å²) in [5.74, 6) is 0.143. The molecule has 0 saturated carbocycles. The fraction of sp³-hybridized carbons (Fsp3) is 0.562. The number of para-hydroxylation sites is 1. The first-order valence-electron chi connectivity index (χ1n) is 14.8. The molecule has 3 fully saturated rings. The standard InChI is InChI=1S/C32H42Cl2N4O3/c1-30(2,3)41-29(40)37-18-8-14-31(22-37,24-11-12-26(33)27(34)21-24)13-7-17-36-19-15-32(16-20-36)28(39)35-23-38(32)25-9-5-4-6-10-25/h4-6,9-12,21H,7-8,13-20,22-23H2,1-3H3,(H,35,39). The van der Waals surface area contributed by atoms with E-state index >= 15 is 0 Å². The van der Waals surface area contributed by atoms with E-state index in [4.69, 9.17) is 27.9 Å². The second-order valence-corrected chi connectivity index (χ2v) is 13.6. The molecule has 0 bridgehead atoms. The zero-order valence-electron chi connectivity index (χ0n) is 24.4. The summed E-state index contributed by atoms with van der Waals surface area (Å²) >= 11 is 12.8. The fourth-order valence-corrected chi connectivity index (χ4v) is 7.14. The van der Waals surface area contributed by atoms with E-state index in [0.29, 0.717) is 29.8 Å². The van der Waals surface area contributed by atoms with Gasteiger partial charge in [0, 0.05) is 37.3 Å². The molecule has 222 valence electrons. The van der Waals surface area contributed by atoms with Gasteiger partial charge in [-0.15, -0.1) is 0 Å². The van der Waals surface area contributed by atoms with Crippen molar-refractivity contribution in [2.24, 2.45) is 0 Å². The molecular weight excluding hydrogens is 559 g/mol. The molecule has 2 aromatic rings. The summed E-state index contributed by atoms with van der Waals surface area (Å²) in [6.07, 6.45) is 5.11. The maximum Gasteiger partial charge on any atom is 0.410 e. The fourth-order valence-electron chi connectivity index (χ4n) is 6.84. The van der Waals surface area contributed by atoms with Gasteiger partial charge in [-0.25, -0.2) is 4.79 Å². The number of amides is 2. The van der Waals surface area contributed by atoms with Crippen molar-refractivity contribution in [1.29, 1.82) is 0 Å². The number of hydrogen-bond acceptors (Lipinski definition) is 5. The summed E-state index contributed by atoms with van der Waals surface area (Å²) in [4.78, 5) is 32.7. The molecule has 2 aromatic carbocycles. The maximum atomic E-state index is 13.1. The lowest BCUT2D eigenvalue weighted by molar-refractivity contribution is -0.125. The Labute approximate surface area is 254 Å². The van der Waals surface area contributed by atoms with Crippen LogP contribution in [0.15, 0.2) is 48.5 Å². The third kappa shape index (κ3) is 6.47. The summed E-state index contributed by atoms with van der Waals surface area (Å²) < 4.78 is 5.74. The Kier molecular flexibility index (Phi) is 8.79. The minimum Gasteiger partial charge on any atom is -0.444 e. The van der Waals surface area contributed by atoms with Gasteiger partial charge in [0.1, 0.15) is 11.1 Å². The molecule has 3 saturated heterocycles. The summed E-state index contributed by atoms with van der Waals surface area (Å²) in [5, 5.41) is 4.17. The number of ether oxygens (including phenoxy) is 1. The van der Waals surface area contributed by atoms with Crippen LogP contribution in [-0.4, -0.2) is 72.3 Å². The van der Waals surface area contributed by atoms with Gasteiger partial charge in [0.25, 0.3) is 0 Å². The van der Waals surface area contributed by atoms with E-state index in [1.807, 2.05) is 56.0 Å². The van der Waals surface area contributed by atoms with Gasteiger partial charge in [0.05, 0.1) is 16.7 Å². The highest BCUT2D eigenvalue weighted by atomic mass is 35.5. The third-order valence-corrected chi connectivity index (χ3v) is 9.72. The van der Waals surface area contributed by atoms with Gasteiger partial charge in [-0.05, 0) is 95.7 Å². The predicted octanol–water partition coefficient (Wildman–Crippen LogP) is 6.47. The maximum absolute atomic E-state index is 13.1. The van der Waals surface area contributed by atoms with Crippen molar-refractivity contribution in [3.63, 3.8) is 0 Å². The summed E-state index contributed by atoms with van der Waals surface area (Å²) in [6, 6.07) is 16.1. The molecule has 2 amide bonds. The predicted molar refractivity (Wildman–Crippen MR) is 165 cm³/mol.